The molecule has 1 fully saturated rings. The van der Waals surface area contributed by atoms with Crippen molar-refractivity contribution in [1.29, 1.82) is 0 Å². The number of halogens is 1. The van der Waals surface area contributed by atoms with E-state index in [1.807, 2.05) is 19.0 Å². The summed E-state index contributed by atoms with van der Waals surface area (Å²) in [5, 5.41) is 12.8. The van der Waals surface area contributed by atoms with Crippen LogP contribution in [0.1, 0.15) is 18.4 Å². The van der Waals surface area contributed by atoms with E-state index >= 15 is 0 Å². The SMILES string of the molecule is CN(C)c1nnc(Sc2ccc(CNC3CC3)cc2Br)s1. The third-order valence-electron chi connectivity index (χ3n) is 3.14. The summed E-state index contributed by atoms with van der Waals surface area (Å²) in [6.45, 7) is 0.942. The van der Waals surface area contributed by atoms with Gasteiger partial charge in [0.25, 0.3) is 0 Å². The predicted molar refractivity (Wildman–Crippen MR) is 92.4 cm³/mol. The molecule has 1 aliphatic carbocycles. The van der Waals surface area contributed by atoms with Crippen LogP contribution in [0.5, 0.6) is 0 Å². The van der Waals surface area contributed by atoms with Gasteiger partial charge in [-0.25, -0.2) is 0 Å². The number of anilines is 1. The van der Waals surface area contributed by atoms with Gasteiger partial charge in [0.05, 0.1) is 0 Å². The lowest BCUT2D eigenvalue weighted by molar-refractivity contribution is 0.687. The molecule has 1 aromatic heterocycles. The molecular weight excluding hydrogens is 368 g/mol. The molecule has 0 bridgehead atoms. The van der Waals surface area contributed by atoms with Crippen molar-refractivity contribution in [3.63, 3.8) is 0 Å². The maximum absolute atomic E-state index is 4.22. The highest BCUT2D eigenvalue weighted by atomic mass is 79.9. The highest BCUT2D eigenvalue weighted by Gasteiger charge is 2.20. The molecule has 1 saturated carbocycles. The van der Waals surface area contributed by atoms with E-state index in [2.05, 4.69) is 49.6 Å². The molecule has 0 atom stereocenters. The average molecular weight is 385 g/mol. The Balaban J connectivity index is 1.66. The van der Waals surface area contributed by atoms with Gasteiger partial charge in [0.1, 0.15) is 0 Å². The fourth-order valence-corrected chi connectivity index (χ4v) is 4.20. The van der Waals surface area contributed by atoms with Gasteiger partial charge in [-0.15, -0.1) is 10.2 Å². The topological polar surface area (TPSA) is 41.1 Å². The summed E-state index contributed by atoms with van der Waals surface area (Å²) in [5.41, 5.74) is 1.31. The maximum atomic E-state index is 4.22. The van der Waals surface area contributed by atoms with E-state index in [1.165, 1.54) is 23.3 Å². The minimum absolute atomic E-state index is 0.740. The number of rotatable bonds is 6. The third-order valence-corrected chi connectivity index (χ3v) is 6.28. The summed E-state index contributed by atoms with van der Waals surface area (Å²) in [6.07, 6.45) is 2.64. The summed E-state index contributed by atoms with van der Waals surface area (Å²) < 4.78 is 2.08. The van der Waals surface area contributed by atoms with Gasteiger partial charge >= 0.3 is 0 Å². The zero-order valence-electron chi connectivity index (χ0n) is 12.0. The van der Waals surface area contributed by atoms with Crippen molar-refractivity contribution in [2.75, 3.05) is 19.0 Å². The first-order valence-corrected chi connectivity index (χ1v) is 9.25. The molecule has 3 rings (SSSR count). The molecule has 21 heavy (non-hydrogen) atoms. The second kappa shape index (κ2) is 6.64. The van der Waals surface area contributed by atoms with Gasteiger partial charge in [0.15, 0.2) is 4.34 Å². The van der Waals surface area contributed by atoms with Crippen LogP contribution in [-0.4, -0.2) is 30.3 Å². The van der Waals surface area contributed by atoms with E-state index in [1.54, 1.807) is 23.1 Å². The normalized spacial score (nSPS) is 14.4. The maximum Gasteiger partial charge on any atom is 0.208 e. The molecule has 0 aliphatic heterocycles. The minimum Gasteiger partial charge on any atom is -0.353 e. The van der Waals surface area contributed by atoms with Crippen LogP contribution in [0.25, 0.3) is 0 Å². The van der Waals surface area contributed by atoms with Crippen molar-refractivity contribution >= 4 is 44.2 Å². The molecule has 1 heterocycles. The lowest BCUT2D eigenvalue weighted by Gasteiger charge is -2.07. The molecule has 7 heteroatoms. The number of benzene rings is 1. The van der Waals surface area contributed by atoms with Gasteiger partial charge in [0, 0.05) is 36.1 Å². The Labute approximate surface area is 141 Å². The van der Waals surface area contributed by atoms with Crippen LogP contribution in [0, 0.1) is 0 Å². The largest absolute Gasteiger partial charge is 0.353 e. The quantitative estimate of drug-likeness (QED) is 0.820. The van der Waals surface area contributed by atoms with Crippen LogP contribution in [0.2, 0.25) is 0 Å². The van der Waals surface area contributed by atoms with Gasteiger partial charge in [-0.2, -0.15) is 0 Å². The lowest BCUT2D eigenvalue weighted by Crippen LogP contribution is -2.15. The van der Waals surface area contributed by atoms with Crippen molar-refractivity contribution < 1.29 is 0 Å². The molecular formula is C14H17BrN4S2. The molecule has 0 unspecified atom stereocenters. The molecule has 4 nitrogen and oxygen atoms in total. The van der Waals surface area contributed by atoms with E-state index in [0.717, 1.165) is 26.5 Å². The Morgan fingerprint density at radius 2 is 2.19 bits per heavy atom. The molecule has 2 aromatic rings. The number of nitrogens with one attached hydrogen (secondary N) is 1. The van der Waals surface area contributed by atoms with Crippen molar-refractivity contribution in [3.8, 4) is 0 Å². The van der Waals surface area contributed by atoms with Crippen LogP contribution < -0.4 is 10.2 Å². The van der Waals surface area contributed by atoms with E-state index in [0.29, 0.717) is 0 Å². The molecule has 1 aliphatic rings. The van der Waals surface area contributed by atoms with Gasteiger partial charge < -0.3 is 10.2 Å². The van der Waals surface area contributed by atoms with Gasteiger partial charge in [-0.3, -0.25) is 0 Å². The van der Waals surface area contributed by atoms with Crippen LogP contribution in [-0.2, 0) is 6.54 Å². The Kier molecular flexibility index (Phi) is 4.83. The average Bonchev–Trinajstić information content (AvgIpc) is 3.16. The monoisotopic (exact) mass is 384 g/mol. The third kappa shape index (κ3) is 4.18. The highest BCUT2D eigenvalue weighted by Crippen LogP contribution is 2.37. The Morgan fingerprint density at radius 3 is 2.81 bits per heavy atom. The van der Waals surface area contributed by atoms with Crippen molar-refractivity contribution in [1.82, 2.24) is 15.5 Å². The summed E-state index contributed by atoms with van der Waals surface area (Å²) >= 11 is 6.91. The number of aromatic nitrogens is 2. The summed E-state index contributed by atoms with van der Waals surface area (Å²) in [4.78, 5) is 3.15. The van der Waals surface area contributed by atoms with Gasteiger partial charge in [-0.1, -0.05) is 29.2 Å². The molecule has 0 spiro atoms. The van der Waals surface area contributed by atoms with E-state index < -0.39 is 0 Å². The first-order valence-electron chi connectivity index (χ1n) is 6.82. The highest BCUT2D eigenvalue weighted by molar-refractivity contribution is 9.10. The smallest absolute Gasteiger partial charge is 0.208 e. The number of nitrogens with zero attached hydrogens (tertiary/aromatic N) is 3. The fourth-order valence-electron chi connectivity index (χ4n) is 1.81. The Bertz CT molecular complexity index is 625. The van der Waals surface area contributed by atoms with Crippen molar-refractivity contribution in [2.24, 2.45) is 0 Å². The van der Waals surface area contributed by atoms with Gasteiger partial charge in [-0.05, 0) is 46.5 Å². The molecule has 1 aromatic carbocycles. The summed E-state index contributed by atoms with van der Waals surface area (Å²) in [6, 6.07) is 7.25. The summed E-state index contributed by atoms with van der Waals surface area (Å²) in [5.74, 6) is 0. The fraction of sp³-hybridized carbons (Fsp3) is 0.429. The van der Waals surface area contributed by atoms with E-state index in [-0.39, 0.29) is 0 Å². The molecule has 1 N–H and O–H groups in total. The first-order chi connectivity index (χ1) is 10.1. The zero-order valence-corrected chi connectivity index (χ0v) is 15.2. The van der Waals surface area contributed by atoms with Crippen molar-refractivity contribution in [2.45, 2.75) is 34.7 Å². The predicted octanol–water partition coefficient (Wildman–Crippen LogP) is 3.77. The lowest BCUT2D eigenvalue weighted by atomic mass is 10.2. The standard InChI is InChI=1S/C14H17BrN4S2/c1-19(2)13-17-18-14(21-13)20-12-6-3-9(7-11(12)15)8-16-10-4-5-10/h3,6-7,10,16H,4-5,8H2,1-2H3. The van der Waals surface area contributed by atoms with Gasteiger partial charge in [0.2, 0.25) is 5.13 Å². The minimum atomic E-state index is 0.740. The Morgan fingerprint density at radius 1 is 1.38 bits per heavy atom. The van der Waals surface area contributed by atoms with Crippen LogP contribution in [0.4, 0.5) is 5.13 Å². The molecule has 0 amide bonds. The second-order valence-electron chi connectivity index (χ2n) is 5.27. The zero-order chi connectivity index (χ0) is 14.8. The van der Waals surface area contributed by atoms with E-state index in [9.17, 15) is 0 Å². The number of hydrogen-bond acceptors (Lipinski definition) is 6. The van der Waals surface area contributed by atoms with Crippen LogP contribution in [0.3, 0.4) is 0 Å². The van der Waals surface area contributed by atoms with Crippen molar-refractivity contribution in [3.05, 3.63) is 28.2 Å². The molecule has 0 saturated heterocycles. The summed E-state index contributed by atoms with van der Waals surface area (Å²) in [7, 11) is 3.96. The van der Waals surface area contributed by atoms with Crippen LogP contribution in [0.15, 0.2) is 31.9 Å². The van der Waals surface area contributed by atoms with Crippen LogP contribution >= 0.6 is 39.0 Å². The first kappa shape index (κ1) is 15.3. The Hall–Kier alpha value is -0.630. The second-order valence-corrected chi connectivity index (χ2v) is 8.37. The molecule has 112 valence electrons. The molecule has 0 radical (unpaired) electrons. The number of hydrogen-bond donors (Lipinski definition) is 1. The van der Waals surface area contributed by atoms with E-state index in [4.69, 9.17) is 0 Å².